The molecule has 3 aromatic rings. The zero-order valence-electron chi connectivity index (χ0n) is 18.2. The fraction of sp³-hybridized carbons (Fsp3) is 0.333. The van der Waals surface area contributed by atoms with E-state index in [1.807, 2.05) is 31.2 Å². The van der Waals surface area contributed by atoms with Gasteiger partial charge in [-0.05, 0) is 53.8 Å². The van der Waals surface area contributed by atoms with Crippen molar-refractivity contribution in [1.82, 2.24) is 15.3 Å². The van der Waals surface area contributed by atoms with Gasteiger partial charge in [0, 0.05) is 31.5 Å². The van der Waals surface area contributed by atoms with Gasteiger partial charge >= 0.3 is 0 Å². The summed E-state index contributed by atoms with van der Waals surface area (Å²) in [7, 11) is 1.61. The Kier molecular flexibility index (Phi) is 8.47. The van der Waals surface area contributed by atoms with Gasteiger partial charge in [0.1, 0.15) is 17.4 Å². The van der Waals surface area contributed by atoms with Crippen LogP contribution in [-0.2, 0) is 19.4 Å². The lowest BCUT2D eigenvalue weighted by molar-refractivity contribution is 0.148. The summed E-state index contributed by atoms with van der Waals surface area (Å²) in [4.78, 5) is 8.56. The fourth-order valence-electron chi connectivity index (χ4n) is 3.33. The first kappa shape index (κ1) is 23.6. The third-order valence-corrected chi connectivity index (χ3v) is 5.09. The molecular formula is C24H28F2N4O2. The van der Waals surface area contributed by atoms with Gasteiger partial charge in [0.2, 0.25) is 5.95 Å². The molecule has 32 heavy (non-hydrogen) atoms. The lowest BCUT2D eigenvalue weighted by Crippen LogP contribution is -2.42. The third kappa shape index (κ3) is 6.96. The number of aromatic nitrogens is 2. The zero-order chi connectivity index (χ0) is 22.9. The zero-order valence-corrected chi connectivity index (χ0v) is 18.2. The minimum Gasteiger partial charge on any atom is -0.497 e. The minimum atomic E-state index is -0.874. The number of hydrogen-bond donors (Lipinski definition) is 3. The highest BCUT2D eigenvalue weighted by Gasteiger charge is 2.21. The van der Waals surface area contributed by atoms with E-state index in [-0.39, 0.29) is 13.0 Å². The van der Waals surface area contributed by atoms with Crippen LogP contribution in [0, 0.1) is 11.6 Å². The van der Waals surface area contributed by atoms with Gasteiger partial charge in [-0.25, -0.2) is 18.7 Å². The van der Waals surface area contributed by atoms with Crippen LogP contribution in [0.4, 0.5) is 14.7 Å². The van der Waals surface area contributed by atoms with Crippen molar-refractivity contribution in [3.05, 3.63) is 83.2 Å². The molecule has 3 N–H and O–H groups in total. The second-order valence-corrected chi connectivity index (χ2v) is 7.55. The number of aryl methyl sites for hydroxylation is 1. The molecule has 0 spiro atoms. The van der Waals surface area contributed by atoms with Crippen LogP contribution < -0.4 is 15.4 Å². The molecule has 0 unspecified atom stereocenters. The van der Waals surface area contributed by atoms with Crippen molar-refractivity contribution < 1.29 is 18.6 Å². The largest absolute Gasteiger partial charge is 0.497 e. The van der Waals surface area contributed by atoms with E-state index in [0.29, 0.717) is 18.1 Å². The number of aliphatic hydroxyl groups is 1. The van der Waals surface area contributed by atoms with E-state index in [4.69, 9.17) is 4.74 Å². The van der Waals surface area contributed by atoms with Gasteiger partial charge < -0.3 is 20.5 Å². The summed E-state index contributed by atoms with van der Waals surface area (Å²) in [5, 5.41) is 17.2. The molecule has 0 aliphatic heterocycles. The van der Waals surface area contributed by atoms with Gasteiger partial charge in [-0.1, -0.05) is 19.1 Å². The summed E-state index contributed by atoms with van der Waals surface area (Å²) in [5.41, 5.74) is 2.42. The Labute approximate surface area is 186 Å². The molecule has 170 valence electrons. The highest BCUT2D eigenvalue weighted by molar-refractivity contribution is 5.30. The molecule has 0 amide bonds. The molecule has 8 heteroatoms. The summed E-state index contributed by atoms with van der Waals surface area (Å²) in [6, 6.07) is 10.4. The molecule has 0 aliphatic carbocycles. The second-order valence-electron chi connectivity index (χ2n) is 7.55. The Morgan fingerprint density at radius 1 is 1.00 bits per heavy atom. The summed E-state index contributed by atoms with van der Waals surface area (Å²) in [6.45, 7) is 2.78. The summed E-state index contributed by atoms with van der Waals surface area (Å²) < 4.78 is 32.6. The lowest BCUT2D eigenvalue weighted by Gasteiger charge is -2.25. The van der Waals surface area contributed by atoms with Gasteiger partial charge in [-0.2, -0.15) is 0 Å². The molecule has 6 nitrogen and oxygen atoms in total. The fourth-order valence-corrected chi connectivity index (χ4v) is 3.33. The number of nitrogens with zero attached hydrogens (tertiary/aromatic N) is 2. The molecule has 3 rings (SSSR count). The Hall–Kier alpha value is -3.10. The van der Waals surface area contributed by atoms with Crippen LogP contribution in [-0.4, -0.2) is 40.9 Å². The standard InChI is InChI=1S/C24H28F2N4O2/c1-3-16-13-28-24(29-14-16)30-22(10-18-7-19(25)11-20(26)8-18)23(31)15-27-12-17-5-4-6-21(9-17)32-2/h4-9,11,13-14,22-23,27,31H,3,10,12,15H2,1-2H3,(H,28,29,30)/t22-,23+/m0/s1. The minimum absolute atomic E-state index is 0.190. The summed E-state index contributed by atoms with van der Waals surface area (Å²) in [5.74, 6) is -0.220. The van der Waals surface area contributed by atoms with Gasteiger partial charge in [0.15, 0.2) is 0 Å². The van der Waals surface area contributed by atoms with Crippen molar-refractivity contribution >= 4 is 5.95 Å². The van der Waals surface area contributed by atoms with Crippen LogP contribution in [0.2, 0.25) is 0 Å². The van der Waals surface area contributed by atoms with Crippen LogP contribution in [0.1, 0.15) is 23.6 Å². The van der Waals surface area contributed by atoms with E-state index in [1.165, 1.54) is 12.1 Å². The van der Waals surface area contributed by atoms with Crippen LogP contribution in [0.15, 0.2) is 54.9 Å². The number of nitrogens with one attached hydrogen (secondary N) is 2. The summed E-state index contributed by atoms with van der Waals surface area (Å²) >= 11 is 0. The predicted octanol–water partition coefficient (Wildman–Crippen LogP) is 3.50. The summed E-state index contributed by atoms with van der Waals surface area (Å²) in [6.07, 6.45) is 3.54. The number of halogens is 2. The Morgan fingerprint density at radius 3 is 2.38 bits per heavy atom. The smallest absolute Gasteiger partial charge is 0.222 e. The molecule has 0 aliphatic rings. The van der Waals surface area contributed by atoms with E-state index in [1.54, 1.807) is 19.5 Å². The average molecular weight is 443 g/mol. The van der Waals surface area contributed by atoms with Crippen molar-refractivity contribution in [2.24, 2.45) is 0 Å². The highest BCUT2D eigenvalue weighted by Crippen LogP contribution is 2.15. The van der Waals surface area contributed by atoms with E-state index in [9.17, 15) is 13.9 Å². The molecule has 2 aromatic carbocycles. The molecule has 0 radical (unpaired) electrons. The Morgan fingerprint density at radius 2 is 1.72 bits per heavy atom. The molecule has 0 saturated heterocycles. The predicted molar refractivity (Wildman–Crippen MR) is 120 cm³/mol. The number of methoxy groups -OCH3 is 1. The number of benzene rings is 2. The Balaban J connectivity index is 1.69. The quantitative estimate of drug-likeness (QED) is 0.422. The molecule has 0 fully saturated rings. The average Bonchev–Trinajstić information content (AvgIpc) is 2.78. The second kappa shape index (κ2) is 11.5. The van der Waals surface area contributed by atoms with E-state index in [2.05, 4.69) is 20.6 Å². The first-order valence-electron chi connectivity index (χ1n) is 10.5. The van der Waals surface area contributed by atoms with Crippen molar-refractivity contribution in [3.63, 3.8) is 0 Å². The lowest BCUT2D eigenvalue weighted by atomic mass is 10.0. The monoisotopic (exact) mass is 442 g/mol. The number of aliphatic hydroxyl groups excluding tert-OH is 1. The van der Waals surface area contributed by atoms with Crippen molar-refractivity contribution in [2.45, 2.75) is 38.5 Å². The number of anilines is 1. The maximum absolute atomic E-state index is 13.7. The van der Waals surface area contributed by atoms with E-state index < -0.39 is 23.8 Å². The molecule has 0 bridgehead atoms. The van der Waals surface area contributed by atoms with Crippen LogP contribution in [0.25, 0.3) is 0 Å². The third-order valence-electron chi connectivity index (χ3n) is 5.09. The van der Waals surface area contributed by atoms with Gasteiger partial charge in [-0.3, -0.25) is 0 Å². The van der Waals surface area contributed by atoms with Gasteiger partial charge in [-0.15, -0.1) is 0 Å². The Bertz CT molecular complexity index is 981. The topological polar surface area (TPSA) is 79.3 Å². The normalized spacial score (nSPS) is 12.9. The molecule has 1 aromatic heterocycles. The van der Waals surface area contributed by atoms with E-state index >= 15 is 0 Å². The number of hydrogen-bond acceptors (Lipinski definition) is 6. The van der Waals surface area contributed by atoms with Crippen molar-refractivity contribution in [2.75, 3.05) is 19.0 Å². The van der Waals surface area contributed by atoms with Crippen molar-refractivity contribution in [1.29, 1.82) is 0 Å². The molecule has 2 atom stereocenters. The highest BCUT2D eigenvalue weighted by atomic mass is 19.1. The first-order chi connectivity index (χ1) is 15.5. The molecule has 1 heterocycles. The van der Waals surface area contributed by atoms with Gasteiger partial charge in [0.05, 0.1) is 19.3 Å². The maximum atomic E-state index is 13.7. The van der Waals surface area contributed by atoms with Crippen molar-refractivity contribution in [3.8, 4) is 5.75 Å². The van der Waals surface area contributed by atoms with Crippen LogP contribution in [0.5, 0.6) is 5.75 Å². The SMILES string of the molecule is CCc1cnc(N[C@@H](Cc2cc(F)cc(F)c2)[C@H](O)CNCc2cccc(OC)c2)nc1. The van der Waals surface area contributed by atoms with Crippen LogP contribution in [0.3, 0.4) is 0 Å². The molecular weight excluding hydrogens is 414 g/mol. The number of ether oxygens (including phenoxy) is 1. The molecule has 0 saturated carbocycles. The van der Waals surface area contributed by atoms with Gasteiger partial charge in [0.25, 0.3) is 0 Å². The van der Waals surface area contributed by atoms with E-state index in [0.717, 1.165) is 29.4 Å². The maximum Gasteiger partial charge on any atom is 0.222 e. The number of rotatable bonds is 11. The van der Waals surface area contributed by atoms with Crippen LogP contribution >= 0.6 is 0 Å². The first-order valence-corrected chi connectivity index (χ1v) is 10.5.